The third-order valence-corrected chi connectivity index (χ3v) is 13.0. The molecule has 190 valence electrons. The largest absolute Gasteiger partial charge is 0.444 e. The Kier molecular flexibility index (Phi) is 7.52. The molecule has 1 aliphatic rings. The van der Waals surface area contributed by atoms with Gasteiger partial charge in [0.05, 0.1) is 26.4 Å². The number of halogens is 1. The molecule has 1 unspecified atom stereocenters. The van der Waals surface area contributed by atoms with Gasteiger partial charge in [-0.3, -0.25) is 4.68 Å². The first-order chi connectivity index (χ1) is 16.1. The molecule has 1 aromatic heterocycles. The van der Waals surface area contributed by atoms with E-state index in [2.05, 4.69) is 39.9 Å². The number of amides is 1. The number of rotatable bonds is 5. The Morgan fingerprint density at radius 3 is 2.51 bits per heavy atom. The number of aromatic nitrogens is 2. The van der Waals surface area contributed by atoms with Crippen molar-refractivity contribution in [3.63, 3.8) is 0 Å². The minimum Gasteiger partial charge on any atom is -0.444 e. The monoisotopic (exact) mass is 498 g/mol. The van der Waals surface area contributed by atoms with Gasteiger partial charge in [-0.05, 0) is 44.4 Å². The average Bonchev–Trinajstić information content (AvgIpc) is 3.10. The van der Waals surface area contributed by atoms with Crippen LogP contribution in [-0.4, -0.2) is 41.0 Å². The summed E-state index contributed by atoms with van der Waals surface area (Å²) in [5.41, 5.74) is 1.48. The molecule has 0 saturated heterocycles. The average molecular weight is 499 g/mol. The van der Waals surface area contributed by atoms with Gasteiger partial charge in [0, 0.05) is 12.1 Å². The van der Waals surface area contributed by atoms with E-state index < -0.39 is 19.8 Å². The van der Waals surface area contributed by atoms with Crippen molar-refractivity contribution in [2.75, 3.05) is 6.54 Å². The Hall–Kier alpha value is -2.66. The molecule has 0 spiro atoms. The maximum Gasteiger partial charge on any atom is 0.410 e. The lowest BCUT2D eigenvalue weighted by Crippen LogP contribution is -2.44. The van der Waals surface area contributed by atoms with Crippen LogP contribution in [-0.2, 0) is 11.3 Å². The lowest BCUT2D eigenvalue weighted by Gasteiger charge is -2.38. The summed E-state index contributed by atoms with van der Waals surface area (Å²) in [4.78, 5) is 14.7. The van der Waals surface area contributed by atoms with Gasteiger partial charge in [-0.25, -0.2) is 9.18 Å². The van der Waals surface area contributed by atoms with Gasteiger partial charge in [-0.1, -0.05) is 58.5 Å². The van der Waals surface area contributed by atoms with Gasteiger partial charge in [0.2, 0.25) is 0 Å². The summed E-state index contributed by atoms with van der Waals surface area (Å²) in [6.45, 7) is 18.1. The highest BCUT2D eigenvalue weighted by atomic mass is 28.3. The summed E-state index contributed by atoms with van der Waals surface area (Å²) >= 11 is 0. The van der Waals surface area contributed by atoms with Crippen molar-refractivity contribution in [3.8, 4) is 17.3 Å². The maximum atomic E-state index is 14.0. The highest BCUT2D eigenvalue weighted by molar-refractivity contribution is 6.80. The van der Waals surface area contributed by atoms with Crippen molar-refractivity contribution in [1.82, 2.24) is 14.7 Å². The van der Waals surface area contributed by atoms with E-state index in [1.807, 2.05) is 25.5 Å². The first-order valence-corrected chi connectivity index (χ1v) is 15.6. The van der Waals surface area contributed by atoms with Gasteiger partial charge in [-0.15, -0.1) is 0 Å². The van der Waals surface area contributed by atoms with Crippen LogP contribution in [0.4, 0.5) is 9.18 Å². The van der Waals surface area contributed by atoms with Crippen molar-refractivity contribution < 1.29 is 13.9 Å². The second-order valence-electron chi connectivity index (χ2n) is 12.3. The SMILES string of the molecule is CC(C)(C)OC(=O)N1Cc2c(C#N)c(-c3cccc(F)c3)nn2C(CCC[Si](C)(C)C(C)(C)C)C1. The van der Waals surface area contributed by atoms with E-state index in [0.29, 0.717) is 34.1 Å². The molecule has 2 aromatic rings. The summed E-state index contributed by atoms with van der Waals surface area (Å²) in [6, 6.07) is 9.51. The van der Waals surface area contributed by atoms with Crippen LogP contribution >= 0.6 is 0 Å². The molecule has 0 radical (unpaired) electrons. The number of fused-ring (bicyclic) bond motifs is 1. The summed E-state index contributed by atoms with van der Waals surface area (Å²) in [5, 5.41) is 15.1. The fraction of sp³-hybridized carbons (Fsp3) is 0.593. The normalized spacial score (nSPS) is 16.6. The number of hydrogen-bond acceptors (Lipinski definition) is 4. The lowest BCUT2D eigenvalue weighted by molar-refractivity contribution is 0.0154. The fourth-order valence-electron chi connectivity index (χ4n) is 4.29. The van der Waals surface area contributed by atoms with E-state index in [1.54, 1.807) is 17.0 Å². The summed E-state index contributed by atoms with van der Waals surface area (Å²) < 4.78 is 21.5. The van der Waals surface area contributed by atoms with E-state index in [-0.39, 0.29) is 18.4 Å². The molecule has 3 rings (SSSR count). The molecule has 1 aliphatic heterocycles. The zero-order chi connectivity index (χ0) is 26.2. The zero-order valence-corrected chi connectivity index (χ0v) is 23.4. The highest BCUT2D eigenvalue weighted by Gasteiger charge is 2.37. The predicted molar refractivity (Wildman–Crippen MR) is 139 cm³/mol. The first kappa shape index (κ1) is 26.9. The number of carbonyl (C=O) groups is 1. The number of benzene rings is 1. The van der Waals surface area contributed by atoms with Crippen molar-refractivity contribution in [1.29, 1.82) is 5.26 Å². The summed E-state index contributed by atoms with van der Waals surface area (Å²) in [7, 11) is -1.45. The molecule has 1 amide bonds. The Labute approximate surface area is 210 Å². The second-order valence-corrected chi connectivity index (χ2v) is 18.0. The van der Waals surface area contributed by atoms with Crippen molar-refractivity contribution in [2.24, 2.45) is 0 Å². The topological polar surface area (TPSA) is 71.2 Å². The lowest BCUT2D eigenvalue weighted by atomic mass is 10.0. The Morgan fingerprint density at radius 2 is 1.94 bits per heavy atom. The van der Waals surface area contributed by atoms with Gasteiger partial charge >= 0.3 is 6.09 Å². The Morgan fingerprint density at radius 1 is 1.26 bits per heavy atom. The zero-order valence-electron chi connectivity index (χ0n) is 22.4. The molecule has 0 bridgehead atoms. The number of nitrogens with zero attached hydrogens (tertiary/aromatic N) is 4. The standard InChI is InChI=1S/C27H39FN4O2Si/c1-26(2,3)34-25(33)31-17-21(13-10-14-35(7,8)27(4,5)6)32-23(18-31)22(16-29)24(30-32)19-11-9-12-20(28)15-19/h9,11-12,15,21H,10,13-14,17-18H2,1-8H3. The van der Waals surface area contributed by atoms with Gasteiger partial charge in [0.15, 0.2) is 0 Å². The van der Waals surface area contributed by atoms with Crippen LogP contribution in [0.1, 0.15) is 71.7 Å². The molecular formula is C27H39FN4O2Si. The van der Waals surface area contributed by atoms with E-state index >= 15 is 0 Å². The van der Waals surface area contributed by atoms with E-state index in [4.69, 9.17) is 9.84 Å². The molecule has 2 heterocycles. The molecule has 1 aromatic carbocycles. The van der Waals surface area contributed by atoms with Crippen molar-refractivity contribution in [3.05, 3.63) is 41.3 Å². The van der Waals surface area contributed by atoms with Gasteiger partial charge < -0.3 is 9.64 Å². The van der Waals surface area contributed by atoms with Crippen LogP contribution in [0.25, 0.3) is 11.3 Å². The number of carbonyl (C=O) groups excluding carboxylic acids is 1. The van der Waals surface area contributed by atoms with E-state index in [9.17, 15) is 14.4 Å². The molecule has 6 nitrogen and oxygen atoms in total. The number of nitriles is 1. The first-order valence-electron chi connectivity index (χ1n) is 12.4. The van der Waals surface area contributed by atoms with Crippen LogP contribution in [0.5, 0.6) is 0 Å². The fourth-order valence-corrected chi connectivity index (χ4v) is 6.13. The van der Waals surface area contributed by atoms with Crippen LogP contribution in [0.2, 0.25) is 24.2 Å². The van der Waals surface area contributed by atoms with Crippen LogP contribution in [0.15, 0.2) is 24.3 Å². The van der Waals surface area contributed by atoms with Gasteiger partial charge in [0.25, 0.3) is 0 Å². The molecule has 0 saturated carbocycles. The highest BCUT2D eigenvalue weighted by Crippen LogP contribution is 2.41. The molecule has 0 fully saturated rings. The molecule has 1 atom stereocenters. The summed E-state index contributed by atoms with van der Waals surface area (Å²) in [5.74, 6) is -0.376. The van der Waals surface area contributed by atoms with Crippen molar-refractivity contribution in [2.45, 2.75) is 96.7 Å². The third-order valence-electron chi connectivity index (χ3n) is 7.36. The van der Waals surface area contributed by atoms with Crippen LogP contribution < -0.4 is 0 Å². The predicted octanol–water partition coefficient (Wildman–Crippen LogP) is 7.14. The maximum absolute atomic E-state index is 14.0. The van der Waals surface area contributed by atoms with Crippen LogP contribution in [0.3, 0.4) is 0 Å². The van der Waals surface area contributed by atoms with Crippen LogP contribution in [0, 0.1) is 17.1 Å². The second kappa shape index (κ2) is 9.77. The number of hydrogen-bond donors (Lipinski definition) is 0. The third kappa shape index (κ3) is 6.13. The minimum absolute atomic E-state index is 0.0783. The van der Waals surface area contributed by atoms with Crippen molar-refractivity contribution >= 4 is 14.2 Å². The molecule has 35 heavy (non-hydrogen) atoms. The molecule has 0 aliphatic carbocycles. The Balaban J connectivity index is 1.97. The smallest absolute Gasteiger partial charge is 0.410 e. The van der Waals surface area contributed by atoms with Gasteiger partial charge in [-0.2, -0.15) is 10.4 Å². The molecular weight excluding hydrogens is 459 g/mol. The quantitative estimate of drug-likeness (QED) is 0.411. The molecule has 8 heteroatoms. The molecule has 0 N–H and O–H groups in total. The number of ether oxygens (including phenoxy) is 1. The van der Waals surface area contributed by atoms with E-state index in [0.717, 1.165) is 18.9 Å². The summed E-state index contributed by atoms with van der Waals surface area (Å²) in [6.07, 6.45) is 1.46. The minimum atomic E-state index is -1.45. The van der Waals surface area contributed by atoms with E-state index in [1.165, 1.54) is 12.1 Å². The Bertz CT molecular complexity index is 1120. The van der Waals surface area contributed by atoms with Gasteiger partial charge in [0.1, 0.15) is 28.7 Å².